The van der Waals surface area contributed by atoms with Gasteiger partial charge in [0.1, 0.15) is 5.65 Å². The van der Waals surface area contributed by atoms with Gasteiger partial charge in [-0.15, -0.1) is 0 Å². The summed E-state index contributed by atoms with van der Waals surface area (Å²) in [5.41, 5.74) is 4.38. The number of nitrogens with zero attached hydrogens (tertiary/aromatic N) is 1. The molecule has 2 aromatic heterocycles. The van der Waals surface area contributed by atoms with Gasteiger partial charge < -0.3 is 10.3 Å². The lowest BCUT2D eigenvalue weighted by Gasteiger charge is -2.12. The minimum atomic E-state index is 0.913. The molecule has 0 radical (unpaired) electrons. The first-order valence-corrected chi connectivity index (χ1v) is 6.33. The van der Waals surface area contributed by atoms with Crippen molar-refractivity contribution in [3.05, 3.63) is 48.5 Å². The summed E-state index contributed by atoms with van der Waals surface area (Å²) in [5, 5.41) is 4.51. The lowest BCUT2D eigenvalue weighted by atomic mass is 10.1. The van der Waals surface area contributed by atoms with Crippen LogP contribution in [0.25, 0.3) is 11.0 Å². The first-order chi connectivity index (χ1) is 8.78. The van der Waals surface area contributed by atoms with E-state index in [1.165, 1.54) is 5.57 Å². The third-order valence-electron chi connectivity index (χ3n) is 3.12. The van der Waals surface area contributed by atoms with E-state index in [1.54, 1.807) is 0 Å². The van der Waals surface area contributed by atoms with Crippen molar-refractivity contribution >= 4 is 16.7 Å². The number of aromatic amines is 1. The highest BCUT2D eigenvalue weighted by molar-refractivity contribution is 5.79. The van der Waals surface area contributed by atoms with Crippen LogP contribution >= 0.6 is 0 Å². The first kappa shape index (κ1) is 12.4. The molecule has 18 heavy (non-hydrogen) atoms. The number of anilines is 1. The maximum Gasteiger partial charge on any atom is 0.137 e. The fourth-order valence-electron chi connectivity index (χ4n) is 2.08. The fourth-order valence-corrected chi connectivity index (χ4v) is 2.08. The molecule has 0 aliphatic carbocycles. The molecule has 2 aromatic rings. The molecule has 2 N–H and O–H groups in total. The van der Waals surface area contributed by atoms with Crippen LogP contribution in [0.1, 0.15) is 26.7 Å². The zero-order valence-electron chi connectivity index (χ0n) is 11.0. The zero-order chi connectivity index (χ0) is 13.0. The number of nitrogens with one attached hydrogen (secondary N) is 2. The van der Waals surface area contributed by atoms with Crippen molar-refractivity contribution in [2.24, 2.45) is 0 Å². The molecule has 0 aromatic carbocycles. The highest BCUT2D eigenvalue weighted by Gasteiger charge is 2.03. The Morgan fingerprint density at radius 2 is 2.22 bits per heavy atom. The summed E-state index contributed by atoms with van der Waals surface area (Å²) in [7, 11) is 0. The molecule has 2 heterocycles. The van der Waals surface area contributed by atoms with Crippen LogP contribution in [0.15, 0.2) is 48.5 Å². The second-order valence-electron chi connectivity index (χ2n) is 4.19. The molecule has 0 saturated heterocycles. The highest BCUT2D eigenvalue weighted by atomic mass is 14.9. The summed E-state index contributed by atoms with van der Waals surface area (Å²) >= 11 is 0. The monoisotopic (exact) mass is 241 g/mol. The number of allylic oxidation sites excluding steroid dienone is 2. The number of rotatable bonds is 5. The first-order valence-electron chi connectivity index (χ1n) is 6.33. The highest BCUT2D eigenvalue weighted by Crippen LogP contribution is 2.20. The van der Waals surface area contributed by atoms with E-state index < -0.39 is 0 Å². The molecule has 3 nitrogen and oxygen atoms in total. The average molecular weight is 241 g/mol. The van der Waals surface area contributed by atoms with Crippen LogP contribution in [0.4, 0.5) is 5.69 Å². The van der Waals surface area contributed by atoms with Gasteiger partial charge in [-0.3, -0.25) is 0 Å². The van der Waals surface area contributed by atoms with Crippen molar-refractivity contribution in [2.45, 2.75) is 26.7 Å². The Labute approximate surface area is 108 Å². The molecule has 94 valence electrons. The van der Waals surface area contributed by atoms with Crippen LogP contribution in [0.3, 0.4) is 0 Å². The predicted molar refractivity (Wildman–Crippen MR) is 77.5 cm³/mol. The minimum absolute atomic E-state index is 0.913. The summed E-state index contributed by atoms with van der Waals surface area (Å²) in [5.74, 6) is 0. The van der Waals surface area contributed by atoms with E-state index >= 15 is 0 Å². The Morgan fingerprint density at radius 1 is 1.44 bits per heavy atom. The Morgan fingerprint density at radius 3 is 2.89 bits per heavy atom. The Hall–Kier alpha value is -2.03. The Balaban J connectivity index is 2.31. The predicted octanol–water partition coefficient (Wildman–Crippen LogP) is 4.23. The molecular formula is C15H19N3. The van der Waals surface area contributed by atoms with Gasteiger partial charge in [-0.1, -0.05) is 20.4 Å². The summed E-state index contributed by atoms with van der Waals surface area (Å²) in [6.45, 7) is 8.21. The summed E-state index contributed by atoms with van der Waals surface area (Å²) in [4.78, 5) is 7.45. The standard InChI is InChI=1S/C15H19N3/c1-4-11(5-2)14(6-3)18-13-9-12-7-8-16-15(12)17-10-13/h6-10,18H,3-5H2,1-2H3,(H,16,17). The SMILES string of the molecule is C=CC(Nc1cnc2[nH]ccc2c1)=C(CC)CC. The summed E-state index contributed by atoms with van der Waals surface area (Å²) < 4.78 is 0. The summed E-state index contributed by atoms with van der Waals surface area (Å²) in [6, 6.07) is 4.11. The molecule has 0 aliphatic heterocycles. The third kappa shape index (κ3) is 2.45. The number of pyridine rings is 1. The van der Waals surface area contributed by atoms with Gasteiger partial charge in [0.15, 0.2) is 0 Å². The van der Waals surface area contributed by atoms with E-state index in [0.717, 1.165) is 35.3 Å². The molecule has 3 heteroatoms. The van der Waals surface area contributed by atoms with Crippen molar-refractivity contribution in [3.63, 3.8) is 0 Å². The molecule has 2 rings (SSSR count). The third-order valence-corrected chi connectivity index (χ3v) is 3.12. The van der Waals surface area contributed by atoms with Crippen LogP contribution in [0, 0.1) is 0 Å². The number of hydrogen-bond donors (Lipinski definition) is 2. The van der Waals surface area contributed by atoms with Crippen LogP contribution in [-0.4, -0.2) is 9.97 Å². The maximum atomic E-state index is 4.36. The molecular weight excluding hydrogens is 222 g/mol. The van der Waals surface area contributed by atoms with Crippen molar-refractivity contribution < 1.29 is 0 Å². The lowest BCUT2D eigenvalue weighted by molar-refractivity contribution is 0.958. The quantitative estimate of drug-likeness (QED) is 0.769. The summed E-state index contributed by atoms with van der Waals surface area (Å²) in [6.07, 6.45) is 7.68. The molecule has 0 atom stereocenters. The van der Waals surface area contributed by atoms with Gasteiger partial charge in [0, 0.05) is 17.3 Å². The van der Waals surface area contributed by atoms with Crippen molar-refractivity contribution in [2.75, 3.05) is 5.32 Å². The van der Waals surface area contributed by atoms with Crippen LogP contribution < -0.4 is 5.32 Å². The van der Waals surface area contributed by atoms with Gasteiger partial charge in [-0.2, -0.15) is 0 Å². The largest absolute Gasteiger partial charge is 0.354 e. The Kier molecular flexibility index (Phi) is 3.82. The topological polar surface area (TPSA) is 40.7 Å². The molecule has 0 aliphatic rings. The molecule has 0 amide bonds. The van der Waals surface area contributed by atoms with Gasteiger partial charge in [0.25, 0.3) is 0 Å². The fraction of sp³-hybridized carbons (Fsp3) is 0.267. The molecule has 0 bridgehead atoms. The minimum Gasteiger partial charge on any atom is -0.354 e. The van der Waals surface area contributed by atoms with Gasteiger partial charge in [-0.25, -0.2) is 4.98 Å². The van der Waals surface area contributed by atoms with E-state index in [2.05, 4.69) is 41.8 Å². The van der Waals surface area contributed by atoms with E-state index in [0.29, 0.717) is 0 Å². The van der Waals surface area contributed by atoms with Crippen LogP contribution in [0.5, 0.6) is 0 Å². The lowest BCUT2D eigenvalue weighted by Crippen LogP contribution is -2.01. The zero-order valence-corrected chi connectivity index (χ0v) is 11.0. The number of hydrogen-bond acceptors (Lipinski definition) is 2. The van der Waals surface area contributed by atoms with Crippen molar-refractivity contribution in [3.8, 4) is 0 Å². The van der Waals surface area contributed by atoms with Gasteiger partial charge in [-0.05, 0) is 36.6 Å². The average Bonchev–Trinajstić information content (AvgIpc) is 2.86. The Bertz CT molecular complexity index is 572. The second kappa shape index (κ2) is 5.54. The smallest absolute Gasteiger partial charge is 0.137 e. The van der Waals surface area contributed by atoms with Gasteiger partial charge >= 0.3 is 0 Å². The van der Waals surface area contributed by atoms with E-state index in [9.17, 15) is 0 Å². The number of H-pyrrole nitrogens is 1. The van der Waals surface area contributed by atoms with Crippen molar-refractivity contribution in [1.29, 1.82) is 0 Å². The van der Waals surface area contributed by atoms with Gasteiger partial charge in [0.2, 0.25) is 0 Å². The van der Waals surface area contributed by atoms with Gasteiger partial charge in [0.05, 0.1) is 11.9 Å². The van der Waals surface area contributed by atoms with E-state index in [-0.39, 0.29) is 0 Å². The van der Waals surface area contributed by atoms with Crippen LogP contribution in [-0.2, 0) is 0 Å². The maximum absolute atomic E-state index is 4.36. The second-order valence-corrected chi connectivity index (χ2v) is 4.19. The number of fused-ring (bicyclic) bond motifs is 1. The molecule has 0 spiro atoms. The molecule has 0 fully saturated rings. The van der Waals surface area contributed by atoms with E-state index in [4.69, 9.17) is 0 Å². The number of aromatic nitrogens is 2. The molecule has 0 saturated carbocycles. The van der Waals surface area contributed by atoms with Crippen molar-refractivity contribution in [1.82, 2.24) is 9.97 Å². The normalized spacial score (nSPS) is 10.3. The van der Waals surface area contributed by atoms with Crippen LogP contribution in [0.2, 0.25) is 0 Å². The van der Waals surface area contributed by atoms with E-state index in [1.807, 2.05) is 24.5 Å². The molecule has 0 unspecified atom stereocenters.